The summed E-state index contributed by atoms with van der Waals surface area (Å²) in [6.45, 7) is 8.86. The normalized spacial score (nSPS) is 13.6. The number of hydrogen-bond donors (Lipinski definition) is 0. The van der Waals surface area contributed by atoms with Gasteiger partial charge in [-0.15, -0.1) is 0 Å². The van der Waals surface area contributed by atoms with Crippen LogP contribution in [0.2, 0.25) is 0 Å². The first kappa shape index (κ1) is 21.6. The van der Waals surface area contributed by atoms with Gasteiger partial charge in [-0.1, -0.05) is 19.8 Å². The van der Waals surface area contributed by atoms with E-state index in [0.717, 1.165) is 19.3 Å². The number of nitro groups is 1. The van der Waals surface area contributed by atoms with Crippen LogP contribution < -0.4 is 0 Å². The highest BCUT2D eigenvalue weighted by Gasteiger charge is 2.20. The van der Waals surface area contributed by atoms with Crippen molar-refractivity contribution in [3.8, 4) is 0 Å². The summed E-state index contributed by atoms with van der Waals surface area (Å²) in [5, 5.41) is 10.6. The van der Waals surface area contributed by atoms with Gasteiger partial charge in [0.25, 0.3) is 5.69 Å². The van der Waals surface area contributed by atoms with E-state index >= 15 is 0 Å². The third-order valence-corrected chi connectivity index (χ3v) is 6.06. The molecule has 0 bridgehead atoms. The summed E-state index contributed by atoms with van der Waals surface area (Å²) in [4.78, 5) is 10.2. The molecule has 142 valence electrons. The quantitative estimate of drug-likeness (QED) is 0.425. The van der Waals surface area contributed by atoms with Crippen molar-refractivity contribution in [1.82, 2.24) is 0 Å². The topological polar surface area (TPSA) is 86.5 Å². The number of nitrogens with zero attached hydrogens (tertiary/aromatic N) is 1. The van der Waals surface area contributed by atoms with Crippen LogP contribution in [0.3, 0.4) is 0 Å². The summed E-state index contributed by atoms with van der Waals surface area (Å²) >= 11 is 0. The third kappa shape index (κ3) is 7.52. The van der Waals surface area contributed by atoms with Gasteiger partial charge in [0.15, 0.2) is 9.84 Å². The molecule has 0 amide bonds. The van der Waals surface area contributed by atoms with E-state index in [1.807, 2.05) is 6.92 Å². The van der Waals surface area contributed by atoms with Gasteiger partial charge in [-0.2, -0.15) is 0 Å². The van der Waals surface area contributed by atoms with E-state index in [-0.39, 0.29) is 21.9 Å². The van der Waals surface area contributed by atoms with E-state index in [4.69, 9.17) is 4.74 Å². The molecule has 0 heterocycles. The molecule has 0 radical (unpaired) electrons. The molecule has 0 aliphatic heterocycles. The number of non-ortho nitro benzene ring substituents is 1. The summed E-state index contributed by atoms with van der Waals surface area (Å²) in [7, 11) is -3.41. The summed E-state index contributed by atoms with van der Waals surface area (Å²) in [5.74, 6) is 0.353. The standard InChI is InChI=1S/C18H29NO5S/c1-5-24-18(3,4)13-6-7-15(2)12-14-25(22,23)17-10-8-16(9-11-17)19(20)21/h8-11,15H,5-7,12-14H2,1-4H3. The molecule has 1 aromatic carbocycles. The molecule has 0 N–H and O–H groups in total. The minimum absolute atomic E-state index is 0.0564. The lowest BCUT2D eigenvalue weighted by molar-refractivity contribution is -0.384. The maximum atomic E-state index is 12.3. The van der Waals surface area contributed by atoms with Gasteiger partial charge in [0.1, 0.15) is 0 Å². The van der Waals surface area contributed by atoms with Crippen molar-refractivity contribution < 1.29 is 18.1 Å². The number of ether oxygens (including phenoxy) is 1. The van der Waals surface area contributed by atoms with Crippen LogP contribution in [0.4, 0.5) is 5.69 Å². The largest absolute Gasteiger partial charge is 0.376 e. The lowest BCUT2D eigenvalue weighted by Gasteiger charge is -2.25. The summed E-state index contributed by atoms with van der Waals surface area (Å²) in [6.07, 6.45) is 3.46. The summed E-state index contributed by atoms with van der Waals surface area (Å²) in [6, 6.07) is 5.07. The van der Waals surface area contributed by atoms with E-state index in [0.29, 0.717) is 18.9 Å². The van der Waals surface area contributed by atoms with Crippen molar-refractivity contribution >= 4 is 15.5 Å². The van der Waals surface area contributed by atoms with Gasteiger partial charge in [0, 0.05) is 18.7 Å². The SMILES string of the molecule is CCOC(C)(C)CCCC(C)CCS(=O)(=O)c1ccc([N+](=O)[O-])cc1. The number of hydrogen-bond acceptors (Lipinski definition) is 5. The second-order valence-electron chi connectivity index (χ2n) is 7.05. The Hall–Kier alpha value is -1.47. The average molecular weight is 371 g/mol. The molecular weight excluding hydrogens is 342 g/mol. The van der Waals surface area contributed by atoms with Gasteiger partial charge in [0.2, 0.25) is 0 Å². The van der Waals surface area contributed by atoms with E-state index in [9.17, 15) is 18.5 Å². The zero-order valence-corrected chi connectivity index (χ0v) is 16.3. The first-order valence-electron chi connectivity index (χ1n) is 8.68. The van der Waals surface area contributed by atoms with Gasteiger partial charge < -0.3 is 4.74 Å². The zero-order chi connectivity index (χ0) is 19.1. The summed E-state index contributed by atoms with van der Waals surface area (Å²) in [5.41, 5.74) is -0.247. The smallest absolute Gasteiger partial charge is 0.269 e. The number of benzene rings is 1. The minimum Gasteiger partial charge on any atom is -0.376 e. The van der Waals surface area contributed by atoms with Crippen LogP contribution in [0.25, 0.3) is 0 Å². The molecule has 0 aliphatic rings. The minimum atomic E-state index is -3.41. The van der Waals surface area contributed by atoms with Gasteiger partial charge in [-0.05, 0) is 51.7 Å². The van der Waals surface area contributed by atoms with Crippen molar-refractivity contribution in [3.05, 3.63) is 34.4 Å². The number of nitro benzene ring substituents is 1. The third-order valence-electron chi connectivity index (χ3n) is 4.30. The molecule has 0 aliphatic carbocycles. The van der Waals surface area contributed by atoms with E-state index in [2.05, 4.69) is 20.8 Å². The molecular formula is C18H29NO5S. The molecule has 25 heavy (non-hydrogen) atoms. The molecule has 1 rings (SSSR count). The van der Waals surface area contributed by atoms with E-state index in [1.54, 1.807) is 0 Å². The highest BCUT2D eigenvalue weighted by atomic mass is 32.2. The predicted octanol–water partition coefficient (Wildman–Crippen LogP) is 4.38. The molecule has 1 atom stereocenters. The van der Waals surface area contributed by atoms with Crippen LogP contribution >= 0.6 is 0 Å². The molecule has 0 aromatic heterocycles. The second-order valence-corrected chi connectivity index (χ2v) is 9.16. The Kier molecular flexibility index (Phi) is 8.02. The van der Waals surface area contributed by atoms with E-state index in [1.165, 1.54) is 24.3 Å². The van der Waals surface area contributed by atoms with Crippen LogP contribution in [0.5, 0.6) is 0 Å². The Morgan fingerprint density at radius 1 is 1.20 bits per heavy atom. The summed E-state index contributed by atoms with van der Waals surface area (Å²) < 4.78 is 30.4. The van der Waals surface area contributed by atoms with Crippen LogP contribution in [0.15, 0.2) is 29.2 Å². The first-order chi connectivity index (χ1) is 11.6. The van der Waals surface area contributed by atoms with Crippen molar-refractivity contribution in [2.75, 3.05) is 12.4 Å². The van der Waals surface area contributed by atoms with Crippen molar-refractivity contribution in [2.45, 2.75) is 63.9 Å². The van der Waals surface area contributed by atoms with Crippen molar-refractivity contribution in [1.29, 1.82) is 0 Å². The van der Waals surface area contributed by atoms with Crippen LogP contribution in [-0.4, -0.2) is 31.3 Å². The lowest BCUT2D eigenvalue weighted by Crippen LogP contribution is -2.24. The highest BCUT2D eigenvalue weighted by Crippen LogP contribution is 2.23. The van der Waals surface area contributed by atoms with Crippen molar-refractivity contribution in [3.63, 3.8) is 0 Å². The number of rotatable bonds is 11. The lowest BCUT2D eigenvalue weighted by atomic mass is 9.95. The van der Waals surface area contributed by atoms with Crippen LogP contribution in [-0.2, 0) is 14.6 Å². The molecule has 0 saturated carbocycles. The molecule has 6 nitrogen and oxygen atoms in total. The maximum Gasteiger partial charge on any atom is 0.269 e. The molecule has 0 fully saturated rings. The fourth-order valence-electron chi connectivity index (χ4n) is 2.73. The molecule has 7 heteroatoms. The molecule has 0 spiro atoms. The Labute approximate surface area is 150 Å². The van der Waals surface area contributed by atoms with Crippen LogP contribution in [0.1, 0.15) is 53.4 Å². The fraction of sp³-hybridized carbons (Fsp3) is 0.667. The average Bonchev–Trinajstić information content (AvgIpc) is 2.53. The van der Waals surface area contributed by atoms with E-state index < -0.39 is 14.8 Å². The fourth-order valence-corrected chi connectivity index (χ4v) is 4.23. The molecule has 1 aromatic rings. The van der Waals surface area contributed by atoms with Gasteiger partial charge in [-0.3, -0.25) is 10.1 Å². The monoisotopic (exact) mass is 371 g/mol. The predicted molar refractivity (Wildman–Crippen MR) is 98.5 cm³/mol. The second kappa shape index (κ2) is 9.29. The Morgan fingerprint density at radius 3 is 2.32 bits per heavy atom. The first-order valence-corrected chi connectivity index (χ1v) is 10.3. The molecule has 0 saturated heterocycles. The van der Waals surface area contributed by atoms with Gasteiger partial charge in [0.05, 0.1) is 21.2 Å². The zero-order valence-electron chi connectivity index (χ0n) is 15.5. The highest BCUT2D eigenvalue weighted by molar-refractivity contribution is 7.91. The van der Waals surface area contributed by atoms with Crippen LogP contribution in [0, 0.1) is 16.0 Å². The number of sulfone groups is 1. The Balaban J connectivity index is 2.48. The van der Waals surface area contributed by atoms with Gasteiger partial charge >= 0.3 is 0 Å². The molecule has 1 unspecified atom stereocenters. The van der Waals surface area contributed by atoms with Gasteiger partial charge in [-0.25, -0.2) is 8.42 Å². The Bertz CT molecular complexity index is 653. The van der Waals surface area contributed by atoms with Crippen molar-refractivity contribution in [2.24, 2.45) is 5.92 Å². The maximum absolute atomic E-state index is 12.3. The Morgan fingerprint density at radius 2 is 1.80 bits per heavy atom.